The summed E-state index contributed by atoms with van der Waals surface area (Å²) in [6, 6.07) is 0. The molecule has 34 valence electrons. The Morgan fingerprint density at radius 3 is 1.50 bits per heavy atom. The third kappa shape index (κ3) is 9.20. The fourth-order valence-electron chi connectivity index (χ4n) is 0.0707. The van der Waals surface area contributed by atoms with Crippen LogP contribution in [0.3, 0.4) is 0 Å². The maximum absolute atomic E-state index is 3.95. The van der Waals surface area contributed by atoms with Gasteiger partial charge in [-0.05, 0) is 17.9 Å². The zero-order valence-electron chi connectivity index (χ0n) is 5.02. The van der Waals surface area contributed by atoms with Crippen LogP contribution in [0.4, 0.5) is 0 Å². The Labute approximate surface area is 73.7 Å². The van der Waals surface area contributed by atoms with E-state index in [-0.39, 0.29) is 31.0 Å². The molecule has 0 aromatic carbocycles. The minimum absolute atomic E-state index is 0. The van der Waals surface area contributed by atoms with E-state index in [0.717, 1.165) is 17.9 Å². The van der Waals surface area contributed by atoms with Crippen LogP contribution in [-0.2, 0) is 0 Å². The Morgan fingerprint density at radius 2 is 1.50 bits per heavy atom. The predicted octanol–water partition coefficient (Wildman–Crippen LogP) is -1.65. The fourth-order valence-corrected chi connectivity index (χ4v) is 0.636. The minimum atomic E-state index is 0. The fraction of sp³-hybridized carbons (Fsp3) is 1.00. The molecule has 0 aromatic heterocycles. The molecule has 0 saturated carbocycles. The zero-order chi connectivity index (χ0) is 4.12. The van der Waals surface area contributed by atoms with Crippen molar-refractivity contribution in [3.63, 3.8) is 0 Å². The predicted molar refractivity (Wildman–Crippen MR) is 33.4 cm³/mol. The normalized spacial score (nSPS) is 7.00. The van der Waals surface area contributed by atoms with Gasteiger partial charge in [-0.25, -0.2) is 0 Å². The Kier molecular flexibility index (Phi) is 17.5. The largest absolute Gasteiger partial charge is 1.00 e. The first-order chi connectivity index (χ1) is 2.41. The Bertz CT molecular complexity index is 20.4. The topological polar surface area (TPSA) is 0 Å². The third-order valence-electron chi connectivity index (χ3n) is 0.316. The van der Waals surface area contributed by atoms with Crippen molar-refractivity contribution in [2.45, 2.75) is 6.42 Å². The summed E-state index contributed by atoms with van der Waals surface area (Å²) in [5.41, 5.74) is 0. The van der Waals surface area contributed by atoms with E-state index in [1.165, 1.54) is 0 Å². The second-order valence-corrected chi connectivity index (χ2v) is 1.70. The van der Waals surface area contributed by atoms with Gasteiger partial charge in [-0.15, -0.1) is 0 Å². The molecule has 0 aliphatic heterocycles. The first kappa shape index (κ1) is 10.6. The molecule has 0 spiro atoms. The van der Waals surface area contributed by atoms with Gasteiger partial charge in [0.25, 0.3) is 0 Å². The first-order valence-electron chi connectivity index (χ1n) is 1.63. The average molecular weight is 132 g/mol. The Hall–Kier alpha value is 1.70. The summed E-state index contributed by atoms with van der Waals surface area (Å²) in [4.78, 5) is 0. The maximum atomic E-state index is 3.95. The van der Waals surface area contributed by atoms with Gasteiger partial charge in [0.2, 0.25) is 0 Å². The molecule has 0 heterocycles. The number of hydrogen-bond donors (Lipinski definition) is 2. The van der Waals surface area contributed by atoms with E-state index >= 15 is 0 Å². The van der Waals surface area contributed by atoms with E-state index in [1.807, 2.05) is 0 Å². The van der Waals surface area contributed by atoms with Crippen molar-refractivity contribution < 1.29 is 31.0 Å². The maximum Gasteiger partial charge on any atom is 1.00 e. The minimum Gasteiger partial charge on any atom is -1.00 e. The summed E-state index contributed by atoms with van der Waals surface area (Å²) in [6.45, 7) is 0. The van der Waals surface area contributed by atoms with Crippen molar-refractivity contribution in [1.29, 1.82) is 0 Å². The molecule has 0 atom stereocenters. The van der Waals surface area contributed by atoms with Gasteiger partial charge in [0.15, 0.2) is 0 Å². The molecule has 0 unspecified atom stereocenters. The molecule has 0 aliphatic rings. The molecule has 0 saturated heterocycles. The van der Waals surface area contributed by atoms with Crippen molar-refractivity contribution in [1.82, 2.24) is 0 Å². The molecule has 0 amide bonds. The van der Waals surface area contributed by atoms with Crippen LogP contribution in [0.5, 0.6) is 0 Å². The first-order valence-corrected chi connectivity index (χ1v) is 2.90. The van der Waals surface area contributed by atoms with E-state index in [2.05, 4.69) is 25.3 Å². The molecule has 0 N–H and O–H groups in total. The Morgan fingerprint density at radius 1 is 1.17 bits per heavy atom. The molecule has 0 fully saturated rings. The van der Waals surface area contributed by atoms with E-state index in [4.69, 9.17) is 0 Å². The summed E-state index contributed by atoms with van der Waals surface area (Å²) < 4.78 is 0. The SMILES string of the molecule is SCCCS.[H-].[Na+]. The monoisotopic (exact) mass is 132 g/mol. The van der Waals surface area contributed by atoms with E-state index in [0.29, 0.717) is 0 Å². The van der Waals surface area contributed by atoms with Crippen LogP contribution >= 0.6 is 25.3 Å². The van der Waals surface area contributed by atoms with Gasteiger partial charge < -0.3 is 1.43 Å². The summed E-state index contributed by atoms with van der Waals surface area (Å²) in [5, 5.41) is 0. The van der Waals surface area contributed by atoms with Crippen LogP contribution in [0.1, 0.15) is 7.85 Å². The van der Waals surface area contributed by atoms with Gasteiger partial charge in [0, 0.05) is 0 Å². The van der Waals surface area contributed by atoms with Crippen LogP contribution in [-0.4, -0.2) is 11.5 Å². The molecule has 6 heavy (non-hydrogen) atoms. The molecule has 3 heteroatoms. The molecule has 0 nitrogen and oxygen atoms in total. The van der Waals surface area contributed by atoms with Gasteiger partial charge in [-0.2, -0.15) is 25.3 Å². The van der Waals surface area contributed by atoms with Crippen LogP contribution in [0.25, 0.3) is 0 Å². The molecule has 0 aromatic rings. The number of rotatable bonds is 2. The van der Waals surface area contributed by atoms with Gasteiger partial charge in [0.05, 0.1) is 0 Å². The van der Waals surface area contributed by atoms with Crippen molar-refractivity contribution in [2.75, 3.05) is 11.5 Å². The quantitative estimate of drug-likeness (QED) is 0.326. The molecule has 0 radical (unpaired) electrons. The zero-order valence-corrected chi connectivity index (χ0v) is 7.80. The van der Waals surface area contributed by atoms with Crippen molar-refractivity contribution in [2.24, 2.45) is 0 Å². The van der Waals surface area contributed by atoms with Crippen LogP contribution in [0.2, 0.25) is 0 Å². The summed E-state index contributed by atoms with van der Waals surface area (Å²) >= 11 is 7.90. The third-order valence-corrected chi connectivity index (χ3v) is 0.949. The number of thiol groups is 2. The van der Waals surface area contributed by atoms with Crippen LogP contribution < -0.4 is 29.6 Å². The molecule has 0 rings (SSSR count). The van der Waals surface area contributed by atoms with E-state index in [1.54, 1.807) is 0 Å². The van der Waals surface area contributed by atoms with Crippen LogP contribution in [0.15, 0.2) is 0 Å². The van der Waals surface area contributed by atoms with Gasteiger partial charge in [-0.1, -0.05) is 0 Å². The summed E-state index contributed by atoms with van der Waals surface area (Å²) in [5.74, 6) is 1.92. The van der Waals surface area contributed by atoms with Crippen LogP contribution in [0, 0.1) is 0 Å². The van der Waals surface area contributed by atoms with Crippen molar-refractivity contribution in [3.05, 3.63) is 0 Å². The van der Waals surface area contributed by atoms with Gasteiger partial charge in [0.1, 0.15) is 0 Å². The van der Waals surface area contributed by atoms with Crippen molar-refractivity contribution >= 4 is 25.3 Å². The summed E-state index contributed by atoms with van der Waals surface area (Å²) in [7, 11) is 0. The second-order valence-electron chi connectivity index (χ2n) is 0.801. The molecule has 0 aliphatic carbocycles. The van der Waals surface area contributed by atoms with Gasteiger partial charge in [-0.3, -0.25) is 0 Å². The van der Waals surface area contributed by atoms with Crippen molar-refractivity contribution in [3.8, 4) is 0 Å². The second kappa shape index (κ2) is 9.85. The van der Waals surface area contributed by atoms with E-state index < -0.39 is 0 Å². The smallest absolute Gasteiger partial charge is 1.00 e. The average Bonchev–Trinajstić information content (AvgIpc) is 1.41. The molecular formula is C3H9NaS2. The molecule has 0 bridgehead atoms. The molecular weight excluding hydrogens is 123 g/mol. The standard InChI is InChI=1S/C3H8S2.Na.H/c4-2-1-3-5;;/h4-5H,1-3H2;;/q;+1;-1. The number of hydrogen-bond acceptors (Lipinski definition) is 2. The van der Waals surface area contributed by atoms with Gasteiger partial charge >= 0.3 is 29.6 Å². The Balaban J connectivity index is -0.0000000800. The summed E-state index contributed by atoms with van der Waals surface area (Å²) in [6.07, 6.45) is 1.12. The van der Waals surface area contributed by atoms with E-state index in [9.17, 15) is 0 Å².